The fourth-order valence-electron chi connectivity index (χ4n) is 2.77. The lowest BCUT2D eigenvalue weighted by molar-refractivity contribution is -0.130. The van der Waals surface area contributed by atoms with Gasteiger partial charge in [0, 0.05) is 25.3 Å². The summed E-state index contributed by atoms with van der Waals surface area (Å²) in [5, 5.41) is 0. The van der Waals surface area contributed by atoms with Gasteiger partial charge < -0.3 is 15.5 Å². The van der Waals surface area contributed by atoms with Crippen molar-refractivity contribution in [3.8, 4) is 0 Å². The number of hydrogen-bond acceptors (Lipinski definition) is 3. The molecule has 1 saturated heterocycles. The lowest BCUT2D eigenvalue weighted by Crippen LogP contribution is -2.48. The van der Waals surface area contributed by atoms with Gasteiger partial charge in [-0.15, -0.1) is 0 Å². The normalized spacial score (nSPS) is 24.5. The smallest absolute Gasteiger partial charge is 0.245 e. The average molecular weight is 261 g/mol. The molecule has 1 aliphatic heterocycles. The first-order chi connectivity index (χ1) is 9.15. The van der Waals surface area contributed by atoms with Crippen LogP contribution in [0.15, 0.2) is 30.3 Å². The molecular weight excluding hydrogens is 238 g/mol. The van der Waals surface area contributed by atoms with E-state index in [1.165, 1.54) is 0 Å². The number of rotatable bonds is 3. The summed E-state index contributed by atoms with van der Waals surface area (Å²) in [5.41, 5.74) is 6.81. The largest absolute Gasteiger partial charge is 0.357 e. The molecule has 0 bridgehead atoms. The summed E-state index contributed by atoms with van der Waals surface area (Å²) in [6.07, 6.45) is 1.68. The van der Waals surface area contributed by atoms with E-state index in [1.54, 1.807) is 0 Å². The fraction of sp³-hybridized carbons (Fsp3) is 0.533. The molecule has 0 aliphatic carbocycles. The molecule has 0 radical (unpaired) electrons. The molecule has 2 unspecified atom stereocenters. The lowest BCUT2D eigenvalue weighted by Gasteiger charge is -2.35. The number of benzene rings is 1. The van der Waals surface area contributed by atoms with Crippen LogP contribution in [0.5, 0.6) is 0 Å². The number of likely N-dealkylation sites (N-methyl/N-ethyl adjacent to an activating group) is 1. The van der Waals surface area contributed by atoms with E-state index in [9.17, 15) is 4.79 Å². The van der Waals surface area contributed by atoms with Gasteiger partial charge in [-0.25, -0.2) is 0 Å². The molecule has 4 heteroatoms. The van der Waals surface area contributed by atoms with Crippen molar-refractivity contribution in [3.05, 3.63) is 30.3 Å². The van der Waals surface area contributed by atoms with Gasteiger partial charge in [0.1, 0.15) is 6.04 Å². The summed E-state index contributed by atoms with van der Waals surface area (Å²) in [6, 6.07) is 10.4. The SMILES string of the molecule is CC1CCN(C)C(=O)C(CCN)N1c1ccccc1. The third kappa shape index (κ3) is 2.89. The summed E-state index contributed by atoms with van der Waals surface area (Å²) < 4.78 is 0. The molecule has 1 aromatic carbocycles. The summed E-state index contributed by atoms with van der Waals surface area (Å²) in [5.74, 6) is 0.179. The fourth-order valence-corrected chi connectivity index (χ4v) is 2.77. The molecule has 19 heavy (non-hydrogen) atoms. The van der Waals surface area contributed by atoms with Gasteiger partial charge in [0.25, 0.3) is 0 Å². The van der Waals surface area contributed by atoms with Gasteiger partial charge in [0.2, 0.25) is 5.91 Å². The average Bonchev–Trinajstić information content (AvgIpc) is 2.53. The Kier molecular flexibility index (Phi) is 4.43. The number of para-hydroxylation sites is 1. The van der Waals surface area contributed by atoms with Crippen LogP contribution < -0.4 is 10.6 Å². The van der Waals surface area contributed by atoms with Crippen molar-refractivity contribution in [2.45, 2.75) is 31.8 Å². The minimum atomic E-state index is -0.144. The van der Waals surface area contributed by atoms with E-state index in [4.69, 9.17) is 5.73 Å². The predicted molar refractivity (Wildman–Crippen MR) is 78.1 cm³/mol. The number of hydrogen-bond donors (Lipinski definition) is 1. The minimum Gasteiger partial charge on any atom is -0.357 e. The van der Waals surface area contributed by atoms with Crippen LogP contribution in [0.1, 0.15) is 19.8 Å². The maximum Gasteiger partial charge on any atom is 0.245 e. The first kappa shape index (κ1) is 13.9. The molecule has 1 amide bonds. The number of anilines is 1. The van der Waals surface area contributed by atoms with Crippen LogP contribution in [-0.2, 0) is 4.79 Å². The number of nitrogens with zero attached hydrogens (tertiary/aromatic N) is 2. The second-order valence-corrected chi connectivity index (χ2v) is 5.23. The third-order valence-electron chi connectivity index (χ3n) is 3.85. The van der Waals surface area contributed by atoms with Crippen LogP contribution in [0, 0.1) is 0 Å². The maximum atomic E-state index is 12.5. The van der Waals surface area contributed by atoms with E-state index < -0.39 is 0 Å². The number of carbonyl (C=O) groups is 1. The molecule has 2 N–H and O–H groups in total. The van der Waals surface area contributed by atoms with Gasteiger partial charge in [-0.3, -0.25) is 4.79 Å². The second kappa shape index (κ2) is 6.06. The van der Waals surface area contributed by atoms with Crippen molar-refractivity contribution in [2.24, 2.45) is 5.73 Å². The summed E-state index contributed by atoms with van der Waals surface area (Å²) in [6.45, 7) is 3.52. The molecule has 2 atom stereocenters. The number of carbonyl (C=O) groups excluding carboxylic acids is 1. The van der Waals surface area contributed by atoms with E-state index in [-0.39, 0.29) is 11.9 Å². The van der Waals surface area contributed by atoms with Crippen LogP contribution in [0.4, 0.5) is 5.69 Å². The Morgan fingerprint density at radius 1 is 1.32 bits per heavy atom. The highest BCUT2D eigenvalue weighted by Gasteiger charge is 2.34. The molecule has 2 rings (SSSR count). The molecule has 0 spiro atoms. The van der Waals surface area contributed by atoms with E-state index in [2.05, 4.69) is 24.0 Å². The number of amides is 1. The standard InChI is InChI=1S/C15H23N3O/c1-12-9-11-17(2)15(19)14(8-10-16)18(12)13-6-4-3-5-7-13/h3-7,12,14H,8-11,16H2,1-2H3. The van der Waals surface area contributed by atoms with Gasteiger partial charge >= 0.3 is 0 Å². The summed E-state index contributed by atoms with van der Waals surface area (Å²) >= 11 is 0. The monoisotopic (exact) mass is 261 g/mol. The molecule has 1 aromatic rings. The molecule has 0 saturated carbocycles. The van der Waals surface area contributed by atoms with Crippen LogP contribution in [0.25, 0.3) is 0 Å². The van der Waals surface area contributed by atoms with Gasteiger partial charge in [-0.05, 0) is 38.4 Å². The molecule has 1 aliphatic rings. The third-order valence-corrected chi connectivity index (χ3v) is 3.85. The van der Waals surface area contributed by atoms with Crippen molar-refractivity contribution >= 4 is 11.6 Å². The first-order valence-corrected chi connectivity index (χ1v) is 6.93. The van der Waals surface area contributed by atoms with Crippen molar-refractivity contribution in [2.75, 3.05) is 25.0 Å². The Bertz CT molecular complexity index is 421. The topological polar surface area (TPSA) is 49.6 Å². The second-order valence-electron chi connectivity index (χ2n) is 5.23. The van der Waals surface area contributed by atoms with Crippen molar-refractivity contribution < 1.29 is 4.79 Å². The maximum absolute atomic E-state index is 12.5. The predicted octanol–water partition coefficient (Wildman–Crippen LogP) is 1.46. The minimum absolute atomic E-state index is 0.144. The van der Waals surface area contributed by atoms with Crippen LogP contribution >= 0.6 is 0 Å². The van der Waals surface area contributed by atoms with Crippen molar-refractivity contribution in [1.82, 2.24) is 4.90 Å². The van der Waals surface area contributed by atoms with Crippen LogP contribution in [-0.4, -0.2) is 43.0 Å². The number of nitrogens with two attached hydrogens (primary N) is 1. The Labute approximate surface area is 115 Å². The summed E-state index contributed by atoms with van der Waals surface area (Å²) in [4.78, 5) is 16.6. The molecule has 1 heterocycles. The van der Waals surface area contributed by atoms with Gasteiger partial charge in [-0.2, -0.15) is 0 Å². The lowest BCUT2D eigenvalue weighted by atomic mass is 10.1. The zero-order valence-electron chi connectivity index (χ0n) is 11.7. The van der Waals surface area contributed by atoms with Crippen molar-refractivity contribution in [1.29, 1.82) is 0 Å². The van der Waals surface area contributed by atoms with Crippen LogP contribution in [0.2, 0.25) is 0 Å². The Balaban J connectivity index is 2.36. The first-order valence-electron chi connectivity index (χ1n) is 6.93. The molecule has 4 nitrogen and oxygen atoms in total. The van der Waals surface area contributed by atoms with E-state index in [1.807, 2.05) is 30.1 Å². The Morgan fingerprint density at radius 2 is 2.00 bits per heavy atom. The highest BCUT2D eigenvalue weighted by molar-refractivity contribution is 5.85. The van der Waals surface area contributed by atoms with Crippen molar-refractivity contribution in [3.63, 3.8) is 0 Å². The van der Waals surface area contributed by atoms with Crippen LogP contribution in [0.3, 0.4) is 0 Å². The zero-order chi connectivity index (χ0) is 13.8. The van der Waals surface area contributed by atoms with E-state index in [0.717, 1.165) is 18.7 Å². The Morgan fingerprint density at radius 3 is 2.63 bits per heavy atom. The van der Waals surface area contributed by atoms with Gasteiger partial charge in [-0.1, -0.05) is 18.2 Å². The van der Waals surface area contributed by atoms with Gasteiger partial charge in [0.15, 0.2) is 0 Å². The summed E-state index contributed by atoms with van der Waals surface area (Å²) in [7, 11) is 1.88. The molecule has 1 fully saturated rings. The van der Waals surface area contributed by atoms with E-state index >= 15 is 0 Å². The van der Waals surface area contributed by atoms with Gasteiger partial charge in [0.05, 0.1) is 0 Å². The quantitative estimate of drug-likeness (QED) is 0.896. The Hall–Kier alpha value is -1.55. The highest BCUT2D eigenvalue weighted by Crippen LogP contribution is 2.26. The molecular formula is C15H23N3O. The molecule has 104 valence electrons. The van der Waals surface area contributed by atoms with E-state index in [0.29, 0.717) is 19.0 Å². The zero-order valence-corrected chi connectivity index (χ0v) is 11.7. The highest BCUT2D eigenvalue weighted by atomic mass is 16.2. The molecule has 0 aromatic heterocycles.